The Kier molecular flexibility index (Phi) is 16.6. The Labute approximate surface area is 99.3 Å². The zero-order valence-corrected chi connectivity index (χ0v) is 8.81. The van der Waals surface area contributed by atoms with Crippen LogP contribution in [-0.4, -0.2) is 58.1 Å². The van der Waals surface area contributed by atoms with E-state index >= 15 is 0 Å². The molecule has 0 spiro atoms. The van der Waals surface area contributed by atoms with Crippen molar-refractivity contribution in [2.24, 2.45) is 11.5 Å². The van der Waals surface area contributed by atoms with Crippen LogP contribution in [0.4, 0.5) is 19.2 Å². The highest BCUT2D eigenvalue weighted by Crippen LogP contribution is 2.00. The monoisotopic (exact) mass is 272 g/mol. The average molecular weight is 272 g/mol. The van der Waals surface area contributed by atoms with Crippen molar-refractivity contribution >= 4 is 24.6 Å². The first kappa shape index (κ1) is 20.8. The molecule has 1 saturated heterocycles. The third kappa shape index (κ3) is 50.3. The average Bonchev–Trinajstić information content (AvgIpc) is 2.15. The van der Waals surface area contributed by atoms with Crippen LogP contribution in [0, 0.1) is 0 Å². The van der Waals surface area contributed by atoms with Crippen LogP contribution in [0.2, 0.25) is 0 Å². The van der Waals surface area contributed by atoms with Crippen LogP contribution in [0.15, 0.2) is 0 Å². The third-order valence-electron chi connectivity index (χ3n) is 0.500. The summed E-state index contributed by atoms with van der Waals surface area (Å²) in [5.41, 5.74) is 9.81. The normalized spacial score (nSPS) is 10.3. The fourth-order valence-electron chi connectivity index (χ4n) is 0.144. The summed E-state index contributed by atoms with van der Waals surface area (Å²) >= 11 is 0. The van der Waals surface area contributed by atoms with E-state index in [9.17, 15) is 9.59 Å². The quantitative estimate of drug-likeness (QED) is 0.265. The van der Waals surface area contributed by atoms with E-state index in [4.69, 9.17) is 41.5 Å². The molecule has 1 aliphatic rings. The maximum atomic E-state index is 9.44. The zero-order valence-electron chi connectivity index (χ0n) is 8.81. The maximum absolute atomic E-state index is 9.44. The van der Waals surface area contributed by atoms with Crippen molar-refractivity contribution in [2.75, 3.05) is 13.1 Å². The minimum atomic E-state index is -1.83. The second-order valence-electron chi connectivity index (χ2n) is 1.85. The van der Waals surface area contributed by atoms with Crippen LogP contribution in [0.1, 0.15) is 0 Å². The first-order valence-corrected chi connectivity index (χ1v) is 3.84. The van der Waals surface area contributed by atoms with E-state index in [0.717, 1.165) is 0 Å². The Balaban J connectivity index is -0.000000171. The van der Waals surface area contributed by atoms with Gasteiger partial charge in [-0.1, -0.05) is 0 Å². The number of hydrogen-bond acceptors (Lipinski definition) is 8. The molecule has 0 atom stereocenters. The highest BCUT2D eigenvalue weighted by atomic mass is 16.9. The van der Waals surface area contributed by atoms with E-state index in [-0.39, 0.29) is 0 Å². The third-order valence-corrected chi connectivity index (χ3v) is 0.500. The standard InChI is InChI=1S/C2H8N2.C2O4.2CH2O3/c3-1-2-4;3-1-5-2(4)6-1;2*2-1(3)4/h1-4H2;;2*(H2,2,3,4). The molecule has 12 heteroatoms. The van der Waals surface area contributed by atoms with Crippen LogP contribution < -0.4 is 11.5 Å². The van der Waals surface area contributed by atoms with E-state index in [0.29, 0.717) is 13.1 Å². The number of cyclic esters (lactones) is 4. The molecule has 0 radical (unpaired) electrons. The Bertz CT molecular complexity index is 234. The van der Waals surface area contributed by atoms with Gasteiger partial charge in [-0.2, -0.15) is 0 Å². The minimum Gasteiger partial charge on any atom is -0.450 e. The summed E-state index contributed by atoms with van der Waals surface area (Å²) in [4.78, 5) is 36.0. The van der Waals surface area contributed by atoms with Gasteiger partial charge in [0.15, 0.2) is 0 Å². The van der Waals surface area contributed by atoms with Gasteiger partial charge in [-0.3, -0.25) is 0 Å². The molecule has 8 N–H and O–H groups in total. The number of ether oxygens (including phenoxy) is 2. The van der Waals surface area contributed by atoms with E-state index in [2.05, 4.69) is 9.47 Å². The van der Waals surface area contributed by atoms with E-state index < -0.39 is 24.6 Å². The summed E-state index contributed by atoms with van der Waals surface area (Å²) in [6.45, 7) is 1.19. The summed E-state index contributed by atoms with van der Waals surface area (Å²) < 4.78 is 7.28. The summed E-state index contributed by atoms with van der Waals surface area (Å²) in [5, 5.41) is 27.9. The van der Waals surface area contributed by atoms with E-state index in [1.807, 2.05) is 0 Å². The summed E-state index contributed by atoms with van der Waals surface area (Å²) in [6, 6.07) is 0. The molecule has 1 fully saturated rings. The molecule has 0 unspecified atom stereocenters. The minimum absolute atomic E-state index is 0.597. The molecule has 0 aromatic heterocycles. The van der Waals surface area contributed by atoms with Gasteiger partial charge in [-0.15, -0.1) is 0 Å². The van der Waals surface area contributed by atoms with Crippen molar-refractivity contribution in [2.45, 2.75) is 0 Å². The van der Waals surface area contributed by atoms with Gasteiger partial charge >= 0.3 is 24.6 Å². The van der Waals surface area contributed by atoms with Crippen LogP contribution in [-0.2, 0) is 9.47 Å². The predicted octanol–water partition coefficient (Wildman–Crippen LogP) is -0.378. The number of carboxylic acid groups (broad SMARTS) is 4. The van der Waals surface area contributed by atoms with Gasteiger partial charge < -0.3 is 41.4 Å². The first-order valence-electron chi connectivity index (χ1n) is 3.84. The second-order valence-corrected chi connectivity index (χ2v) is 1.85. The Morgan fingerprint density at radius 3 is 1.00 bits per heavy atom. The van der Waals surface area contributed by atoms with Gasteiger partial charge in [0.25, 0.3) is 0 Å². The van der Waals surface area contributed by atoms with Crippen LogP contribution >= 0.6 is 0 Å². The molecule has 1 rings (SSSR count). The van der Waals surface area contributed by atoms with Gasteiger partial charge in [-0.05, 0) is 0 Å². The Morgan fingerprint density at radius 1 is 0.833 bits per heavy atom. The van der Waals surface area contributed by atoms with Gasteiger partial charge in [0.2, 0.25) is 0 Å². The lowest BCUT2D eigenvalue weighted by Crippen LogP contribution is -2.27. The molecule has 0 bridgehead atoms. The molecule has 1 aliphatic heterocycles. The molecule has 0 saturated carbocycles. The predicted molar refractivity (Wildman–Crippen MR) is 52.4 cm³/mol. The van der Waals surface area contributed by atoms with Crippen molar-refractivity contribution in [3.05, 3.63) is 0 Å². The lowest BCUT2D eigenvalue weighted by atomic mass is 10.7. The van der Waals surface area contributed by atoms with Crippen LogP contribution in [0.3, 0.4) is 0 Å². The number of hydrogen-bond donors (Lipinski definition) is 6. The molecule has 0 aliphatic carbocycles. The topological polar surface area (TPSA) is 220 Å². The smallest absolute Gasteiger partial charge is 0.450 e. The molecule has 0 aromatic carbocycles. The van der Waals surface area contributed by atoms with Crippen LogP contribution in [0.25, 0.3) is 0 Å². The van der Waals surface area contributed by atoms with Gasteiger partial charge in [0.05, 0.1) is 0 Å². The first-order chi connectivity index (χ1) is 8.17. The highest BCUT2D eigenvalue weighted by Gasteiger charge is 2.27. The summed E-state index contributed by atoms with van der Waals surface area (Å²) in [5.74, 6) is 0. The SMILES string of the molecule is NCCN.O=C(O)O.O=C(O)O.O=C1OC(=O)O1. The largest absolute Gasteiger partial charge is 0.528 e. The van der Waals surface area contributed by atoms with Gasteiger partial charge in [-0.25, -0.2) is 19.2 Å². The zero-order chi connectivity index (χ0) is 15.1. The number of nitrogens with two attached hydrogens (primary N) is 2. The lowest BCUT2D eigenvalue weighted by Gasteiger charge is -2.05. The highest BCUT2D eigenvalue weighted by molar-refractivity contribution is 5.93. The van der Waals surface area contributed by atoms with Crippen LogP contribution in [0.5, 0.6) is 0 Å². The van der Waals surface area contributed by atoms with Crippen molar-refractivity contribution < 1.29 is 49.1 Å². The Morgan fingerprint density at radius 2 is 1.00 bits per heavy atom. The molecule has 12 nitrogen and oxygen atoms in total. The number of rotatable bonds is 1. The van der Waals surface area contributed by atoms with E-state index in [1.54, 1.807) is 0 Å². The number of carbonyl (C=O) groups excluding carboxylic acids is 2. The van der Waals surface area contributed by atoms with Crippen molar-refractivity contribution in [3.8, 4) is 0 Å². The van der Waals surface area contributed by atoms with Crippen molar-refractivity contribution in [1.82, 2.24) is 0 Å². The molecular formula is C6H12N2O10. The van der Waals surface area contributed by atoms with Crippen molar-refractivity contribution in [1.29, 1.82) is 0 Å². The molecule has 18 heavy (non-hydrogen) atoms. The molecule has 0 aromatic rings. The molecule has 0 amide bonds. The molecule has 106 valence electrons. The number of carbonyl (C=O) groups is 4. The fourth-order valence-corrected chi connectivity index (χ4v) is 0.144. The van der Waals surface area contributed by atoms with Gasteiger partial charge in [0, 0.05) is 13.1 Å². The maximum Gasteiger partial charge on any atom is 0.528 e. The lowest BCUT2D eigenvalue weighted by molar-refractivity contribution is 0.00674. The summed E-state index contributed by atoms with van der Waals surface area (Å²) in [6.07, 6.45) is -5.50. The molecule has 1 heterocycles. The summed E-state index contributed by atoms with van der Waals surface area (Å²) in [7, 11) is 0. The van der Waals surface area contributed by atoms with E-state index in [1.165, 1.54) is 0 Å². The van der Waals surface area contributed by atoms with Gasteiger partial charge in [0.1, 0.15) is 0 Å². The fraction of sp³-hybridized carbons (Fsp3) is 0.333. The molecular weight excluding hydrogens is 260 g/mol. The van der Waals surface area contributed by atoms with Crippen molar-refractivity contribution in [3.63, 3.8) is 0 Å². The second kappa shape index (κ2) is 14.4. The Hall–Kier alpha value is -2.60.